The van der Waals surface area contributed by atoms with Gasteiger partial charge in [0.2, 0.25) is 5.91 Å². The summed E-state index contributed by atoms with van der Waals surface area (Å²) >= 11 is 0. The zero-order valence-electron chi connectivity index (χ0n) is 17.4. The van der Waals surface area contributed by atoms with Gasteiger partial charge in [-0.15, -0.1) is 0 Å². The van der Waals surface area contributed by atoms with Crippen LogP contribution in [0.1, 0.15) is 43.7 Å². The summed E-state index contributed by atoms with van der Waals surface area (Å²) in [5.41, 5.74) is 3.05. The van der Waals surface area contributed by atoms with Gasteiger partial charge >= 0.3 is 6.03 Å². The smallest absolute Gasteiger partial charge is 0.315 e. The van der Waals surface area contributed by atoms with Gasteiger partial charge in [0.05, 0.1) is 0 Å². The number of carbonyl (C=O) groups excluding carboxylic acids is 2. The Hall–Kier alpha value is -2.86. The fraction of sp³-hybridized carbons (Fsp3) is 0.417. The van der Waals surface area contributed by atoms with Crippen molar-refractivity contribution in [3.05, 3.63) is 65.7 Å². The first-order chi connectivity index (χ1) is 14.6. The van der Waals surface area contributed by atoms with Crippen molar-refractivity contribution in [2.24, 2.45) is 0 Å². The number of rotatable bonds is 6. The molecule has 0 spiro atoms. The zero-order chi connectivity index (χ0) is 20.9. The minimum Gasteiger partial charge on any atom is -0.335 e. The number of nitrogens with zero attached hydrogens (tertiary/aromatic N) is 1. The minimum absolute atomic E-state index is 0.105. The summed E-state index contributed by atoms with van der Waals surface area (Å²) in [5.74, 6) is -0.105. The van der Waals surface area contributed by atoms with Gasteiger partial charge < -0.3 is 16.0 Å². The normalized spacial score (nSPS) is 23.0. The van der Waals surface area contributed by atoms with Crippen molar-refractivity contribution < 1.29 is 9.59 Å². The van der Waals surface area contributed by atoms with Crippen LogP contribution >= 0.6 is 0 Å². The quantitative estimate of drug-likeness (QED) is 0.686. The molecule has 2 bridgehead atoms. The van der Waals surface area contributed by atoms with Crippen LogP contribution in [0.5, 0.6) is 0 Å². The van der Waals surface area contributed by atoms with E-state index in [0.29, 0.717) is 18.6 Å². The summed E-state index contributed by atoms with van der Waals surface area (Å²) in [6.07, 6.45) is 4.45. The number of amides is 3. The maximum atomic E-state index is 12.4. The van der Waals surface area contributed by atoms with Crippen LogP contribution in [-0.4, -0.2) is 35.0 Å². The molecule has 2 fully saturated rings. The highest BCUT2D eigenvalue weighted by Crippen LogP contribution is 2.36. The molecule has 158 valence electrons. The molecule has 2 aromatic carbocycles. The van der Waals surface area contributed by atoms with Gasteiger partial charge in [-0.1, -0.05) is 42.5 Å². The van der Waals surface area contributed by atoms with E-state index in [1.54, 1.807) is 0 Å². The average molecular weight is 407 g/mol. The Balaban J connectivity index is 1.26. The monoisotopic (exact) mass is 406 g/mol. The Bertz CT molecular complexity index is 872. The van der Waals surface area contributed by atoms with Crippen LogP contribution in [0.25, 0.3) is 0 Å². The highest BCUT2D eigenvalue weighted by molar-refractivity contribution is 5.88. The number of urea groups is 1. The number of carbonyl (C=O) groups is 2. The topological polar surface area (TPSA) is 73.5 Å². The lowest BCUT2D eigenvalue weighted by Crippen LogP contribution is -2.51. The second kappa shape index (κ2) is 9.30. The number of anilines is 1. The summed E-state index contributed by atoms with van der Waals surface area (Å²) < 4.78 is 0. The van der Waals surface area contributed by atoms with Gasteiger partial charge in [0.1, 0.15) is 0 Å². The van der Waals surface area contributed by atoms with Gasteiger partial charge in [-0.05, 0) is 48.9 Å². The first-order valence-corrected chi connectivity index (χ1v) is 10.8. The lowest BCUT2D eigenvalue weighted by Gasteiger charge is -2.39. The summed E-state index contributed by atoms with van der Waals surface area (Å²) in [6.45, 7) is 2.91. The van der Waals surface area contributed by atoms with Crippen molar-refractivity contribution in [1.82, 2.24) is 15.5 Å². The lowest BCUT2D eigenvalue weighted by molar-refractivity contribution is -0.114. The lowest BCUT2D eigenvalue weighted by atomic mass is 9.96. The second-order valence-electron chi connectivity index (χ2n) is 8.42. The van der Waals surface area contributed by atoms with E-state index in [-0.39, 0.29) is 18.0 Å². The maximum Gasteiger partial charge on any atom is 0.315 e. The molecule has 3 N–H and O–H groups in total. The van der Waals surface area contributed by atoms with Gasteiger partial charge in [-0.2, -0.15) is 0 Å². The highest BCUT2D eigenvalue weighted by atomic mass is 16.2. The van der Waals surface area contributed by atoms with Crippen molar-refractivity contribution in [1.29, 1.82) is 0 Å². The van der Waals surface area contributed by atoms with Gasteiger partial charge in [-0.25, -0.2) is 4.79 Å². The molecule has 6 nitrogen and oxygen atoms in total. The van der Waals surface area contributed by atoms with Crippen LogP contribution in [0.15, 0.2) is 54.6 Å². The van der Waals surface area contributed by atoms with E-state index in [2.05, 4.69) is 51.2 Å². The molecule has 30 heavy (non-hydrogen) atoms. The molecule has 2 aromatic rings. The van der Waals surface area contributed by atoms with Crippen molar-refractivity contribution in [3.8, 4) is 0 Å². The van der Waals surface area contributed by atoms with Crippen LogP contribution in [0.2, 0.25) is 0 Å². The summed E-state index contributed by atoms with van der Waals surface area (Å²) in [6, 6.07) is 19.4. The SMILES string of the molecule is CC(=O)Nc1cccc(CNC(=O)NC2CC3CCC(C2)N3Cc2ccccc2)c1. The molecule has 2 aliphatic rings. The molecule has 3 amide bonds. The van der Waals surface area contributed by atoms with Gasteiger partial charge in [-0.3, -0.25) is 9.69 Å². The number of hydrogen-bond donors (Lipinski definition) is 3. The minimum atomic E-state index is -0.124. The molecule has 0 aliphatic carbocycles. The van der Waals surface area contributed by atoms with Crippen molar-refractivity contribution >= 4 is 17.6 Å². The molecule has 4 rings (SSSR count). The van der Waals surface area contributed by atoms with Gasteiger partial charge in [0.15, 0.2) is 0 Å². The van der Waals surface area contributed by atoms with E-state index in [1.807, 2.05) is 24.3 Å². The van der Waals surface area contributed by atoms with E-state index < -0.39 is 0 Å². The fourth-order valence-electron chi connectivity index (χ4n) is 4.83. The van der Waals surface area contributed by atoms with E-state index in [0.717, 1.165) is 30.6 Å². The van der Waals surface area contributed by atoms with E-state index in [4.69, 9.17) is 0 Å². The molecule has 6 heteroatoms. The summed E-state index contributed by atoms with van der Waals surface area (Å²) in [7, 11) is 0. The molecule has 2 heterocycles. The highest BCUT2D eigenvalue weighted by Gasteiger charge is 2.40. The Morgan fingerprint density at radius 2 is 1.67 bits per heavy atom. The van der Waals surface area contributed by atoms with Gasteiger partial charge in [0.25, 0.3) is 0 Å². The van der Waals surface area contributed by atoms with Crippen LogP contribution < -0.4 is 16.0 Å². The van der Waals surface area contributed by atoms with Crippen LogP contribution in [0, 0.1) is 0 Å². The molecule has 2 unspecified atom stereocenters. The Kier molecular flexibility index (Phi) is 6.33. The molecule has 0 radical (unpaired) electrons. The Morgan fingerprint density at radius 1 is 0.967 bits per heavy atom. The third-order valence-electron chi connectivity index (χ3n) is 6.13. The van der Waals surface area contributed by atoms with Crippen LogP contribution in [-0.2, 0) is 17.9 Å². The van der Waals surface area contributed by atoms with Crippen molar-refractivity contribution in [2.75, 3.05) is 5.32 Å². The predicted octanol–water partition coefficient (Wildman–Crippen LogP) is 3.64. The van der Waals surface area contributed by atoms with E-state index >= 15 is 0 Å². The molecule has 2 saturated heterocycles. The number of piperidine rings is 1. The number of benzene rings is 2. The number of fused-ring (bicyclic) bond motifs is 2. The largest absolute Gasteiger partial charge is 0.335 e. The molecular formula is C24H30N4O2. The second-order valence-corrected chi connectivity index (χ2v) is 8.42. The maximum absolute atomic E-state index is 12.4. The first kappa shape index (κ1) is 20.4. The van der Waals surface area contributed by atoms with Gasteiger partial charge in [0, 0.05) is 43.8 Å². The fourth-order valence-corrected chi connectivity index (χ4v) is 4.83. The molecule has 0 aromatic heterocycles. The van der Waals surface area contributed by atoms with E-state index in [1.165, 1.54) is 25.3 Å². The standard InChI is InChI=1S/C24H30N4O2/c1-17(29)26-20-9-5-8-19(12-20)15-25-24(30)27-21-13-22-10-11-23(14-21)28(22)16-18-6-3-2-4-7-18/h2-9,12,21-23H,10-11,13-16H2,1H3,(H,26,29)(H2,25,27,30). The zero-order valence-corrected chi connectivity index (χ0v) is 17.4. The van der Waals surface area contributed by atoms with Crippen molar-refractivity contribution in [2.45, 2.75) is 63.8 Å². The predicted molar refractivity (Wildman–Crippen MR) is 118 cm³/mol. The van der Waals surface area contributed by atoms with Crippen LogP contribution in [0.3, 0.4) is 0 Å². The molecule has 0 saturated carbocycles. The molecule has 2 aliphatic heterocycles. The third kappa shape index (κ3) is 5.19. The summed E-state index contributed by atoms with van der Waals surface area (Å²) in [5, 5.41) is 8.89. The number of nitrogens with one attached hydrogen (secondary N) is 3. The van der Waals surface area contributed by atoms with Crippen LogP contribution in [0.4, 0.5) is 10.5 Å². The Labute approximate surface area is 178 Å². The summed E-state index contributed by atoms with van der Waals surface area (Å²) in [4.78, 5) is 26.3. The molecule has 2 atom stereocenters. The third-order valence-corrected chi connectivity index (χ3v) is 6.13. The molecular weight excluding hydrogens is 376 g/mol. The number of hydrogen-bond acceptors (Lipinski definition) is 3. The van der Waals surface area contributed by atoms with E-state index in [9.17, 15) is 9.59 Å². The first-order valence-electron chi connectivity index (χ1n) is 10.8. The van der Waals surface area contributed by atoms with Crippen molar-refractivity contribution in [3.63, 3.8) is 0 Å². The average Bonchev–Trinajstić information content (AvgIpc) is 2.95. The Morgan fingerprint density at radius 3 is 2.37 bits per heavy atom.